The van der Waals surface area contributed by atoms with Gasteiger partial charge in [-0.05, 0) is 43.7 Å². The Balaban J connectivity index is 1.59. The summed E-state index contributed by atoms with van der Waals surface area (Å²) >= 11 is 0. The van der Waals surface area contributed by atoms with Gasteiger partial charge in [-0.15, -0.1) is 0 Å². The number of amides is 1. The zero-order valence-corrected chi connectivity index (χ0v) is 19.0. The molecule has 0 unspecified atom stereocenters. The molecule has 1 aromatic carbocycles. The van der Waals surface area contributed by atoms with E-state index in [1.807, 2.05) is 0 Å². The molecule has 1 aliphatic heterocycles. The Morgan fingerprint density at radius 1 is 1.24 bits per heavy atom. The predicted octanol–water partition coefficient (Wildman–Crippen LogP) is 2.26. The van der Waals surface area contributed by atoms with E-state index in [4.69, 9.17) is 14.6 Å². The van der Waals surface area contributed by atoms with Crippen LogP contribution in [0.3, 0.4) is 0 Å². The van der Waals surface area contributed by atoms with E-state index >= 15 is 0 Å². The van der Waals surface area contributed by atoms with E-state index in [9.17, 15) is 9.18 Å². The molecule has 4 rings (SSSR count). The number of halogens is 1. The van der Waals surface area contributed by atoms with E-state index in [0.717, 1.165) is 0 Å². The Morgan fingerprint density at radius 2 is 1.97 bits per heavy atom. The first kappa shape index (κ1) is 23.7. The van der Waals surface area contributed by atoms with Crippen molar-refractivity contribution in [3.05, 3.63) is 48.2 Å². The molecule has 34 heavy (non-hydrogen) atoms. The van der Waals surface area contributed by atoms with Gasteiger partial charge < -0.3 is 30.2 Å². The van der Waals surface area contributed by atoms with Gasteiger partial charge in [0.1, 0.15) is 5.82 Å². The summed E-state index contributed by atoms with van der Waals surface area (Å²) in [5.74, 6) is 0.289. The second kappa shape index (κ2) is 10.2. The maximum atomic E-state index is 13.5. The summed E-state index contributed by atoms with van der Waals surface area (Å²) < 4.78 is 25.3. The number of ether oxygens (including phenoxy) is 2. The van der Waals surface area contributed by atoms with E-state index in [0.29, 0.717) is 47.4 Å². The number of aliphatic hydroxyl groups is 1. The zero-order chi connectivity index (χ0) is 24.1. The molecule has 0 atom stereocenters. The van der Waals surface area contributed by atoms with Crippen molar-refractivity contribution < 1.29 is 23.8 Å². The number of carbonyl (C=O) groups is 1. The molecular formula is C23H27FN6O4. The van der Waals surface area contributed by atoms with E-state index < -0.39 is 11.7 Å². The highest BCUT2D eigenvalue weighted by atomic mass is 19.1. The summed E-state index contributed by atoms with van der Waals surface area (Å²) in [6, 6.07) is 7.73. The van der Waals surface area contributed by atoms with Gasteiger partial charge >= 0.3 is 0 Å². The summed E-state index contributed by atoms with van der Waals surface area (Å²) in [6.07, 6.45) is 1.28. The first-order chi connectivity index (χ1) is 16.4. The highest BCUT2D eigenvalue weighted by molar-refractivity contribution is 5.82. The van der Waals surface area contributed by atoms with Crippen molar-refractivity contribution in [3.63, 3.8) is 0 Å². The molecular weight excluding hydrogens is 443 g/mol. The van der Waals surface area contributed by atoms with Crippen LogP contribution in [0.2, 0.25) is 0 Å². The summed E-state index contributed by atoms with van der Waals surface area (Å²) in [6.45, 7) is 2.40. The summed E-state index contributed by atoms with van der Waals surface area (Å²) in [5.41, 5.74) is 1.56. The lowest BCUT2D eigenvalue weighted by atomic mass is 9.91. The Kier molecular flexibility index (Phi) is 7.15. The lowest BCUT2D eigenvalue weighted by Crippen LogP contribution is -2.48. The van der Waals surface area contributed by atoms with Crippen molar-refractivity contribution in [2.45, 2.75) is 19.6 Å². The molecule has 1 saturated heterocycles. The average Bonchev–Trinajstić information content (AvgIpc) is 3.30. The van der Waals surface area contributed by atoms with Crippen LogP contribution in [0.4, 0.5) is 10.3 Å². The predicted molar refractivity (Wildman–Crippen MR) is 122 cm³/mol. The maximum absolute atomic E-state index is 13.5. The Bertz CT molecular complexity index is 1130. The van der Waals surface area contributed by atoms with Gasteiger partial charge in [-0.3, -0.25) is 4.79 Å². The second-order valence-corrected chi connectivity index (χ2v) is 8.22. The lowest BCUT2D eigenvalue weighted by Gasteiger charge is -2.35. The number of aromatic nitrogens is 4. The highest BCUT2D eigenvalue weighted by Crippen LogP contribution is 2.35. The molecule has 4 N–H and O–H groups in total. The van der Waals surface area contributed by atoms with Crippen molar-refractivity contribution in [2.75, 3.05) is 38.7 Å². The molecule has 180 valence electrons. The molecule has 1 fully saturated rings. The fourth-order valence-electron chi connectivity index (χ4n) is 3.52. The number of carbonyl (C=O) groups excluding carboxylic acids is 1. The topological polar surface area (TPSA) is 134 Å². The molecule has 3 aromatic rings. The smallest absolute Gasteiger partial charge is 0.230 e. The monoisotopic (exact) mass is 470 g/mol. The van der Waals surface area contributed by atoms with Gasteiger partial charge in [-0.2, -0.15) is 0 Å². The van der Waals surface area contributed by atoms with Crippen LogP contribution >= 0.6 is 0 Å². The standard InChI is InChI=1S/C23H27FN6O4/c1-23(21(32)26-9-3-11-31)12-33-20(34-13-23)19-29-17(14-4-6-15(24)7-5-14)18(30-19)16-8-10-27-22(25-2)28-16/h4-8,10,20,31H,3,9,11-13H2,1-2H3,(H,26,32)(H,29,30)(H,25,27,28). The van der Waals surface area contributed by atoms with Crippen LogP contribution in [0, 0.1) is 11.2 Å². The third-order valence-corrected chi connectivity index (χ3v) is 5.47. The van der Waals surface area contributed by atoms with Crippen LogP contribution in [0.25, 0.3) is 22.6 Å². The number of benzene rings is 1. The average molecular weight is 471 g/mol. The summed E-state index contributed by atoms with van der Waals surface area (Å²) in [4.78, 5) is 29.1. The van der Waals surface area contributed by atoms with Gasteiger partial charge in [0.05, 0.1) is 35.7 Å². The second-order valence-electron chi connectivity index (χ2n) is 8.22. The Hall–Kier alpha value is -3.41. The third kappa shape index (κ3) is 5.06. The quantitative estimate of drug-likeness (QED) is 0.369. The van der Waals surface area contributed by atoms with Crippen LogP contribution in [0.15, 0.2) is 36.5 Å². The number of aliphatic hydroxyl groups excluding tert-OH is 1. The summed E-state index contributed by atoms with van der Waals surface area (Å²) in [5, 5.41) is 14.6. The Morgan fingerprint density at radius 3 is 2.65 bits per heavy atom. The van der Waals surface area contributed by atoms with Gasteiger partial charge in [-0.1, -0.05) is 0 Å². The number of H-pyrrole nitrogens is 1. The highest BCUT2D eigenvalue weighted by Gasteiger charge is 2.40. The van der Waals surface area contributed by atoms with Crippen molar-refractivity contribution in [1.82, 2.24) is 25.3 Å². The molecule has 3 heterocycles. The van der Waals surface area contributed by atoms with E-state index in [1.165, 1.54) is 12.1 Å². The van der Waals surface area contributed by atoms with Crippen molar-refractivity contribution in [1.29, 1.82) is 0 Å². The van der Waals surface area contributed by atoms with Gasteiger partial charge in [0.25, 0.3) is 0 Å². The molecule has 10 nitrogen and oxygen atoms in total. The molecule has 1 amide bonds. The number of imidazole rings is 1. The normalized spacial score (nSPS) is 20.2. The molecule has 2 aromatic heterocycles. The fourth-order valence-corrected chi connectivity index (χ4v) is 3.52. The Labute approximate surface area is 196 Å². The minimum atomic E-state index is -0.866. The van der Waals surface area contributed by atoms with E-state index in [1.54, 1.807) is 38.4 Å². The number of hydrogen-bond donors (Lipinski definition) is 4. The molecule has 0 saturated carbocycles. The van der Waals surface area contributed by atoms with Crippen molar-refractivity contribution >= 4 is 11.9 Å². The molecule has 1 aliphatic rings. The SMILES string of the molecule is CNc1nccc(-c2[nH]c(C3OCC(C)(C(=O)NCCCO)CO3)nc2-c2ccc(F)cc2)n1. The first-order valence-corrected chi connectivity index (χ1v) is 10.9. The van der Waals surface area contributed by atoms with Crippen LogP contribution in [-0.2, 0) is 14.3 Å². The minimum Gasteiger partial charge on any atom is -0.396 e. The van der Waals surface area contributed by atoms with E-state index in [-0.39, 0.29) is 31.5 Å². The third-order valence-electron chi connectivity index (χ3n) is 5.47. The van der Waals surface area contributed by atoms with Gasteiger partial charge in [0.2, 0.25) is 18.1 Å². The number of anilines is 1. The van der Waals surface area contributed by atoms with Gasteiger partial charge in [0.15, 0.2) is 5.82 Å². The zero-order valence-electron chi connectivity index (χ0n) is 19.0. The number of nitrogens with one attached hydrogen (secondary N) is 3. The number of aromatic amines is 1. The van der Waals surface area contributed by atoms with Crippen LogP contribution in [0.1, 0.15) is 25.5 Å². The van der Waals surface area contributed by atoms with Crippen LogP contribution < -0.4 is 10.6 Å². The molecule has 0 spiro atoms. The van der Waals surface area contributed by atoms with Crippen molar-refractivity contribution in [2.24, 2.45) is 5.41 Å². The maximum Gasteiger partial charge on any atom is 0.230 e. The number of hydrogen-bond acceptors (Lipinski definition) is 8. The van der Waals surface area contributed by atoms with E-state index in [2.05, 4.69) is 30.6 Å². The van der Waals surface area contributed by atoms with Gasteiger partial charge in [-0.25, -0.2) is 19.3 Å². The summed E-state index contributed by atoms with van der Waals surface area (Å²) in [7, 11) is 1.72. The van der Waals surface area contributed by atoms with Gasteiger partial charge in [0, 0.05) is 32.0 Å². The molecule has 0 aliphatic carbocycles. The molecule has 0 bridgehead atoms. The number of nitrogens with zero attached hydrogens (tertiary/aromatic N) is 3. The largest absolute Gasteiger partial charge is 0.396 e. The fraction of sp³-hybridized carbons (Fsp3) is 0.391. The first-order valence-electron chi connectivity index (χ1n) is 10.9. The molecule has 0 radical (unpaired) electrons. The lowest BCUT2D eigenvalue weighted by molar-refractivity contribution is -0.231. The van der Waals surface area contributed by atoms with Crippen LogP contribution in [0.5, 0.6) is 0 Å². The molecule has 11 heteroatoms. The number of rotatable bonds is 8. The van der Waals surface area contributed by atoms with Crippen LogP contribution in [-0.4, -0.2) is 64.4 Å². The minimum absolute atomic E-state index is 0.00539. The van der Waals surface area contributed by atoms with Crippen molar-refractivity contribution in [3.8, 4) is 22.6 Å².